The number of carbonyl (C=O) groups excluding carboxylic acids is 3. The number of amides is 1. The molecule has 200 valence electrons. The van der Waals surface area contributed by atoms with E-state index in [2.05, 4.69) is 15.3 Å². The fourth-order valence-electron chi connectivity index (χ4n) is 3.96. The number of esters is 2. The Morgan fingerprint density at radius 2 is 1.89 bits per heavy atom. The summed E-state index contributed by atoms with van der Waals surface area (Å²) < 4.78 is 9.91. The van der Waals surface area contributed by atoms with E-state index in [-0.39, 0.29) is 50.7 Å². The van der Waals surface area contributed by atoms with Crippen LogP contribution in [0.25, 0.3) is 0 Å². The van der Waals surface area contributed by atoms with E-state index in [1.165, 1.54) is 6.34 Å². The van der Waals surface area contributed by atoms with Crippen molar-refractivity contribution in [1.29, 1.82) is 0 Å². The van der Waals surface area contributed by atoms with Gasteiger partial charge in [-0.05, 0) is 44.0 Å². The molecule has 0 spiro atoms. The minimum atomic E-state index is -1.01. The predicted molar refractivity (Wildman–Crippen MR) is 135 cm³/mol. The van der Waals surface area contributed by atoms with Gasteiger partial charge in [-0.3, -0.25) is 9.59 Å². The predicted octanol–water partition coefficient (Wildman–Crippen LogP) is 1.34. The molecule has 0 saturated heterocycles. The number of fused-ring (bicyclic) bond motifs is 1. The molecule has 1 aromatic carbocycles. The van der Waals surface area contributed by atoms with Gasteiger partial charge in [0.2, 0.25) is 0 Å². The number of ether oxygens (including phenoxy) is 2. The maximum atomic E-state index is 12.8. The molecule has 37 heavy (non-hydrogen) atoms. The zero-order valence-electron chi connectivity index (χ0n) is 20.8. The number of nitrogen functional groups attached to an aromatic ring is 1. The number of hydrogen-bond acceptors (Lipinski definition) is 10. The van der Waals surface area contributed by atoms with Gasteiger partial charge in [0.1, 0.15) is 17.7 Å². The minimum Gasteiger partial charge on any atom is -0.466 e. The number of H-pyrrole nitrogens is 1. The molecule has 0 aliphatic carbocycles. The zero-order valence-corrected chi connectivity index (χ0v) is 20.8. The fraction of sp³-hybridized carbons (Fsp3) is 0.440. The van der Waals surface area contributed by atoms with Crippen LogP contribution in [0.1, 0.15) is 60.3 Å². The second-order valence-corrected chi connectivity index (χ2v) is 8.47. The van der Waals surface area contributed by atoms with Gasteiger partial charge in [-0.15, -0.1) is 0 Å². The van der Waals surface area contributed by atoms with Crippen molar-refractivity contribution in [2.45, 2.75) is 44.9 Å². The lowest BCUT2D eigenvalue weighted by Crippen LogP contribution is -2.42. The first-order chi connectivity index (χ1) is 17.8. The van der Waals surface area contributed by atoms with Gasteiger partial charge in [-0.1, -0.05) is 12.1 Å². The van der Waals surface area contributed by atoms with Crippen LogP contribution in [0.15, 0.2) is 35.3 Å². The summed E-state index contributed by atoms with van der Waals surface area (Å²) in [5, 5.41) is 23.3. The second kappa shape index (κ2) is 12.9. The Bertz CT molecular complexity index is 1120. The maximum Gasteiger partial charge on any atom is 0.328 e. The smallest absolute Gasteiger partial charge is 0.328 e. The van der Waals surface area contributed by atoms with E-state index in [4.69, 9.17) is 15.2 Å². The van der Waals surface area contributed by atoms with Crippen LogP contribution in [-0.2, 0) is 19.1 Å². The highest BCUT2D eigenvalue weighted by Crippen LogP contribution is 2.33. The summed E-state index contributed by atoms with van der Waals surface area (Å²) in [6, 6.07) is 7.15. The van der Waals surface area contributed by atoms with Gasteiger partial charge >= 0.3 is 11.9 Å². The van der Waals surface area contributed by atoms with Crippen LogP contribution in [0, 0.1) is 0 Å². The molecule has 12 nitrogen and oxygen atoms in total. The number of aromatic amines is 1. The van der Waals surface area contributed by atoms with Crippen LogP contribution in [0.5, 0.6) is 0 Å². The van der Waals surface area contributed by atoms with Gasteiger partial charge in [0, 0.05) is 30.0 Å². The standard InChI is InChI=1S/C25H33N5O7/c1-3-36-21(32)10-9-19(25(35)37-4-2)28-23(33)16-7-5-15(6-8-16)17(13-31)12-30-14-27-22-18(24(30)34)11-20(26)29-22/h5-8,11,14,17,19,24,29,31,34H,3-4,9-10,12-13,26H2,1-2H3,(H,28,33)/t17?,19-,24?/m0/s1. The van der Waals surface area contributed by atoms with Crippen LogP contribution in [0.2, 0.25) is 0 Å². The lowest BCUT2D eigenvalue weighted by molar-refractivity contribution is -0.146. The van der Waals surface area contributed by atoms with Crippen LogP contribution < -0.4 is 11.1 Å². The molecule has 2 unspecified atom stereocenters. The third-order valence-corrected chi connectivity index (χ3v) is 5.89. The lowest BCUT2D eigenvalue weighted by atomic mass is 9.97. The second-order valence-electron chi connectivity index (χ2n) is 8.47. The Balaban J connectivity index is 1.65. The highest BCUT2D eigenvalue weighted by molar-refractivity contribution is 5.96. The molecule has 0 radical (unpaired) electrons. The van der Waals surface area contributed by atoms with Crippen molar-refractivity contribution in [3.63, 3.8) is 0 Å². The average molecular weight is 516 g/mol. The van der Waals surface area contributed by atoms with Crippen molar-refractivity contribution in [2.75, 3.05) is 32.1 Å². The molecule has 2 heterocycles. The van der Waals surface area contributed by atoms with Gasteiger partial charge in [-0.25, -0.2) is 9.79 Å². The average Bonchev–Trinajstić information content (AvgIpc) is 3.27. The number of aliphatic imine (C=N–C) groups is 1. The van der Waals surface area contributed by atoms with Gasteiger partial charge in [0.05, 0.1) is 26.2 Å². The molecular formula is C25H33N5O7. The quantitative estimate of drug-likeness (QED) is 0.261. The Kier molecular flexibility index (Phi) is 9.64. The molecular weight excluding hydrogens is 482 g/mol. The number of nitrogens with zero attached hydrogens (tertiary/aromatic N) is 2. The molecule has 1 aliphatic heterocycles. The fourth-order valence-corrected chi connectivity index (χ4v) is 3.96. The molecule has 1 amide bonds. The summed E-state index contributed by atoms with van der Waals surface area (Å²) in [4.78, 5) is 45.5. The zero-order chi connectivity index (χ0) is 26.9. The number of carbonyl (C=O) groups is 3. The van der Waals surface area contributed by atoms with E-state index in [9.17, 15) is 24.6 Å². The molecule has 3 atom stereocenters. The van der Waals surface area contributed by atoms with E-state index in [1.807, 2.05) is 0 Å². The number of benzene rings is 1. The largest absolute Gasteiger partial charge is 0.466 e. The minimum absolute atomic E-state index is 0.0439. The van der Waals surface area contributed by atoms with Crippen molar-refractivity contribution in [3.05, 3.63) is 47.0 Å². The number of hydrogen-bond donors (Lipinski definition) is 5. The summed E-state index contributed by atoms with van der Waals surface area (Å²) in [7, 11) is 0. The highest BCUT2D eigenvalue weighted by Gasteiger charge is 2.27. The van der Waals surface area contributed by atoms with Gasteiger partial charge in [0.15, 0.2) is 6.23 Å². The Morgan fingerprint density at radius 3 is 2.54 bits per heavy atom. The molecule has 6 N–H and O–H groups in total. The number of nitrogens with two attached hydrogens (primary N) is 1. The van der Waals surface area contributed by atoms with E-state index < -0.39 is 30.1 Å². The number of aliphatic hydroxyl groups excluding tert-OH is 2. The first kappa shape index (κ1) is 27.7. The van der Waals surface area contributed by atoms with Gasteiger partial charge in [0.25, 0.3) is 5.91 Å². The number of rotatable bonds is 12. The van der Waals surface area contributed by atoms with Crippen LogP contribution in [0.3, 0.4) is 0 Å². The van der Waals surface area contributed by atoms with E-state index >= 15 is 0 Å². The Labute approximate surface area is 214 Å². The first-order valence-corrected chi connectivity index (χ1v) is 12.1. The van der Waals surface area contributed by atoms with Gasteiger partial charge < -0.3 is 40.6 Å². The van der Waals surface area contributed by atoms with Crippen LogP contribution in [-0.4, -0.2) is 76.7 Å². The molecule has 0 saturated carbocycles. The van der Waals surface area contributed by atoms with Crippen molar-refractivity contribution < 1.29 is 34.1 Å². The summed E-state index contributed by atoms with van der Waals surface area (Å²) in [6.07, 6.45) is 0.508. The van der Waals surface area contributed by atoms with E-state index in [0.29, 0.717) is 17.2 Å². The van der Waals surface area contributed by atoms with E-state index in [1.54, 1.807) is 49.1 Å². The Morgan fingerprint density at radius 1 is 1.19 bits per heavy atom. The molecule has 0 fully saturated rings. The van der Waals surface area contributed by atoms with Crippen LogP contribution >= 0.6 is 0 Å². The molecule has 1 aromatic heterocycles. The number of aromatic nitrogens is 1. The Hall–Kier alpha value is -3.90. The van der Waals surface area contributed by atoms with Crippen LogP contribution in [0.4, 0.5) is 11.6 Å². The monoisotopic (exact) mass is 515 g/mol. The summed E-state index contributed by atoms with van der Waals surface area (Å²) in [6.45, 7) is 3.75. The van der Waals surface area contributed by atoms with Crippen molar-refractivity contribution in [1.82, 2.24) is 15.2 Å². The molecule has 0 bridgehead atoms. The summed E-state index contributed by atoms with van der Waals surface area (Å²) in [5.74, 6) is -1.11. The summed E-state index contributed by atoms with van der Waals surface area (Å²) in [5.41, 5.74) is 7.32. The third kappa shape index (κ3) is 7.08. The van der Waals surface area contributed by atoms with Gasteiger partial charge in [-0.2, -0.15) is 0 Å². The molecule has 12 heteroatoms. The molecule has 3 rings (SSSR count). The highest BCUT2D eigenvalue weighted by atomic mass is 16.5. The van der Waals surface area contributed by atoms with Crippen molar-refractivity contribution >= 4 is 35.8 Å². The SMILES string of the molecule is CCOC(=O)CC[C@H](NC(=O)c1ccc(C(CO)CN2C=Nc3[nH]c(N)cc3C2O)cc1)C(=O)OCC. The molecule has 2 aromatic rings. The third-order valence-electron chi connectivity index (χ3n) is 5.89. The number of nitrogens with one attached hydrogen (secondary N) is 2. The number of anilines is 1. The van der Waals surface area contributed by atoms with E-state index in [0.717, 1.165) is 5.56 Å². The normalized spacial score (nSPS) is 16.0. The topological polar surface area (TPSA) is 180 Å². The molecule has 1 aliphatic rings. The van der Waals surface area contributed by atoms with Crippen molar-refractivity contribution in [3.8, 4) is 0 Å². The summed E-state index contributed by atoms with van der Waals surface area (Å²) >= 11 is 0. The maximum absolute atomic E-state index is 12.8. The first-order valence-electron chi connectivity index (χ1n) is 12.1. The number of aliphatic hydroxyl groups is 2. The lowest BCUT2D eigenvalue weighted by Gasteiger charge is -2.31. The van der Waals surface area contributed by atoms with Crippen molar-refractivity contribution in [2.24, 2.45) is 4.99 Å².